The fraction of sp³-hybridized carbons (Fsp3) is 0.743. The number of ketones is 1. The van der Waals surface area contributed by atoms with Crippen LogP contribution in [0.15, 0.2) is 30.3 Å². The molecule has 2 aliphatic rings. The van der Waals surface area contributed by atoms with Crippen molar-refractivity contribution in [3.8, 4) is 0 Å². The highest BCUT2D eigenvalue weighted by Gasteiger charge is 2.71. The Morgan fingerprint density at radius 3 is 2.38 bits per heavy atom. The van der Waals surface area contributed by atoms with Crippen molar-refractivity contribution < 1.29 is 29.0 Å². The number of carbonyl (C=O) groups is 3. The Hall–Kier alpha value is -1.92. The molecule has 0 amide bonds. The summed E-state index contributed by atoms with van der Waals surface area (Å²) in [6.07, 6.45) is 9.21. The average Bonchev–Trinajstić information content (AvgIpc) is 3.14. The molecule has 6 atom stereocenters. The molecule has 7 heteroatoms. The lowest BCUT2D eigenvalue weighted by molar-refractivity contribution is -0.174. The minimum Gasteiger partial charge on any atom is -0.463 e. The lowest BCUT2D eigenvalue weighted by Crippen LogP contribution is -2.51. The summed E-state index contributed by atoms with van der Waals surface area (Å²) in [5.41, 5.74) is -1.39. The van der Waals surface area contributed by atoms with Crippen LogP contribution in [0.25, 0.3) is 0 Å². The normalized spacial score (nSPS) is 27.8. The fourth-order valence-electron chi connectivity index (χ4n) is 7.38. The van der Waals surface area contributed by atoms with E-state index in [9.17, 15) is 19.5 Å². The third-order valence-electron chi connectivity index (χ3n) is 9.38. The third kappa shape index (κ3) is 8.59. The number of rotatable bonds is 16. The molecule has 1 N–H and O–H groups in total. The maximum atomic E-state index is 13.9. The molecule has 236 valence electrons. The van der Waals surface area contributed by atoms with Crippen molar-refractivity contribution in [2.75, 3.05) is 0 Å². The molecule has 1 aromatic carbocycles. The number of aliphatic hydroxyl groups is 1. The minimum atomic E-state index is -1.24. The second-order valence-electron chi connectivity index (χ2n) is 13.8. The summed E-state index contributed by atoms with van der Waals surface area (Å²) in [5, 5.41) is 11.4. The largest absolute Gasteiger partial charge is 0.463 e. The fourth-order valence-corrected chi connectivity index (χ4v) is 7.79. The standard InChI is InChI=1S/C35H53ClO6/c1-6-7-8-9-13-18-28(38)30-31(39)34(23-21-29(36)35(30,24-34)32(40)42-33(3,4)5)22-14-17-27(41-25(2)37)20-19-26-15-11-10-12-16-26/h10-12,15-16,27,29-31,39H,6-9,13-14,17-24H2,1-5H3/t27?,29?,30-,31-,34?,35?/m1/s1. The van der Waals surface area contributed by atoms with Crippen molar-refractivity contribution in [1.82, 2.24) is 0 Å². The van der Waals surface area contributed by atoms with Crippen molar-refractivity contribution in [3.05, 3.63) is 35.9 Å². The van der Waals surface area contributed by atoms with Crippen LogP contribution in [0.4, 0.5) is 0 Å². The number of ether oxygens (including phenoxy) is 2. The van der Waals surface area contributed by atoms with E-state index in [0.717, 1.165) is 38.5 Å². The van der Waals surface area contributed by atoms with Gasteiger partial charge in [-0.3, -0.25) is 14.4 Å². The number of carbonyl (C=O) groups excluding carboxylic acids is 3. The van der Waals surface area contributed by atoms with Gasteiger partial charge in [-0.1, -0.05) is 62.9 Å². The van der Waals surface area contributed by atoms with Crippen LogP contribution in [0.5, 0.6) is 0 Å². The number of halogens is 1. The van der Waals surface area contributed by atoms with Gasteiger partial charge in [0.05, 0.1) is 22.8 Å². The summed E-state index contributed by atoms with van der Waals surface area (Å²) in [5.74, 6) is -1.70. The molecule has 42 heavy (non-hydrogen) atoms. The first-order chi connectivity index (χ1) is 19.8. The summed E-state index contributed by atoms with van der Waals surface area (Å²) in [7, 11) is 0. The molecule has 3 rings (SSSR count). The lowest BCUT2D eigenvalue weighted by Gasteiger charge is -2.43. The number of fused-ring (bicyclic) bond motifs is 2. The first kappa shape index (κ1) is 34.6. The first-order valence-corrected chi connectivity index (χ1v) is 16.6. The Morgan fingerprint density at radius 2 is 1.74 bits per heavy atom. The molecule has 0 aromatic heterocycles. The number of Topliss-reactive ketones (excluding diaryl/α,β-unsaturated/α-hetero) is 1. The van der Waals surface area contributed by atoms with E-state index < -0.39 is 39.8 Å². The van der Waals surface area contributed by atoms with E-state index in [4.69, 9.17) is 21.1 Å². The Balaban J connectivity index is 1.79. The SMILES string of the molecule is CCCCCCCC(=O)[C@@H]1[C@@H](O)C2(CCCC(CCc3ccccc3)OC(C)=O)CCC(Cl)C1(C(=O)OC(C)(C)C)C2. The predicted octanol–water partition coefficient (Wildman–Crippen LogP) is 7.75. The second kappa shape index (κ2) is 15.2. The molecule has 0 heterocycles. The van der Waals surface area contributed by atoms with E-state index in [1.165, 1.54) is 12.5 Å². The van der Waals surface area contributed by atoms with E-state index >= 15 is 0 Å². The average molecular weight is 605 g/mol. The Labute approximate surface area is 258 Å². The summed E-state index contributed by atoms with van der Waals surface area (Å²) in [4.78, 5) is 39.6. The van der Waals surface area contributed by atoms with Crippen molar-refractivity contribution in [3.63, 3.8) is 0 Å². The zero-order valence-electron chi connectivity index (χ0n) is 26.5. The van der Waals surface area contributed by atoms with Gasteiger partial charge in [0.25, 0.3) is 0 Å². The zero-order chi connectivity index (χ0) is 31.0. The number of alkyl halides is 1. The van der Waals surface area contributed by atoms with Gasteiger partial charge in [0.1, 0.15) is 17.5 Å². The second-order valence-corrected chi connectivity index (χ2v) is 14.3. The van der Waals surface area contributed by atoms with Gasteiger partial charge in [-0.25, -0.2) is 0 Å². The highest BCUT2D eigenvalue weighted by molar-refractivity contribution is 6.23. The molecule has 6 nitrogen and oxygen atoms in total. The Morgan fingerprint density at radius 1 is 1.05 bits per heavy atom. The minimum absolute atomic E-state index is 0.0695. The summed E-state index contributed by atoms with van der Waals surface area (Å²) < 4.78 is 11.6. The van der Waals surface area contributed by atoms with Crippen LogP contribution < -0.4 is 0 Å². The molecule has 0 radical (unpaired) electrons. The van der Waals surface area contributed by atoms with Crippen molar-refractivity contribution in [2.24, 2.45) is 16.7 Å². The number of hydrogen-bond acceptors (Lipinski definition) is 6. The van der Waals surface area contributed by atoms with Gasteiger partial charge in [0.2, 0.25) is 0 Å². The van der Waals surface area contributed by atoms with Gasteiger partial charge >= 0.3 is 11.9 Å². The molecular weight excluding hydrogens is 552 g/mol. The van der Waals surface area contributed by atoms with Gasteiger partial charge < -0.3 is 14.6 Å². The van der Waals surface area contributed by atoms with Crippen LogP contribution in [-0.4, -0.2) is 46.0 Å². The smallest absolute Gasteiger partial charge is 0.314 e. The maximum absolute atomic E-state index is 13.9. The molecule has 1 aromatic rings. The van der Waals surface area contributed by atoms with Gasteiger partial charge in [0.15, 0.2) is 0 Å². The molecule has 4 unspecified atom stereocenters. The summed E-state index contributed by atoms with van der Waals surface area (Å²) >= 11 is 6.98. The summed E-state index contributed by atoms with van der Waals surface area (Å²) in [6, 6.07) is 10.1. The van der Waals surface area contributed by atoms with E-state index in [2.05, 4.69) is 19.1 Å². The molecule has 0 spiro atoms. The van der Waals surface area contributed by atoms with Crippen LogP contribution in [0.2, 0.25) is 0 Å². The van der Waals surface area contributed by atoms with Gasteiger partial charge in [0, 0.05) is 13.3 Å². The molecule has 2 aliphatic carbocycles. The van der Waals surface area contributed by atoms with Gasteiger partial charge in [-0.2, -0.15) is 0 Å². The van der Waals surface area contributed by atoms with Gasteiger partial charge in [-0.05, 0) is 89.5 Å². The van der Waals surface area contributed by atoms with E-state index in [0.29, 0.717) is 51.4 Å². The monoisotopic (exact) mass is 604 g/mol. The van der Waals surface area contributed by atoms with Crippen LogP contribution in [0.3, 0.4) is 0 Å². The molecule has 0 aliphatic heterocycles. The predicted molar refractivity (Wildman–Crippen MR) is 166 cm³/mol. The highest BCUT2D eigenvalue weighted by atomic mass is 35.5. The number of unbranched alkanes of at least 4 members (excludes halogenated alkanes) is 4. The molecule has 2 saturated carbocycles. The molecule has 0 saturated heterocycles. The number of aliphatic hydroxyl groups excluding tert-OH is 1. The number of aryl methyl sites for hydroxylation is 1. The maximum Gasteiger partial charge on any atom is 0.314 e. The summed E-state index contributed by atoms with van der Waals surface area (Å²) in [6.45, 7) is 9.05. The van der Waals surface area contributed by atoms with Crippen LogP contribution >= 0.6 is 11.6 Å². The van der Waals surface area contributed by atoms with Crippen LogP contribution in [-0.2, 0) is 30.3 Å². The highest BCUT2D eigenvalue weighted by Crippen LogP contribution is 2.65. The molecule has 2 fully saturated rings. The lowest BCUT2D eigenvalue weighted by atomic mass is 9.65. The van der Waals surface area contributed by atoms with Crippen molar-refractivity contribution >= 4 is 29.3 Å². The van der Waals surface area contributed by atoms with Gasteiger partial charge in [-0.15, -0.1) is 11.6 Å². The number of hydrogen-bond donors (Lipinski definition) is 1. The Bertz CT molecular complexity index is 1040. The quantitative estimate of drug-likeness (QED) is 0.118. The van der Waals surface area contributed by atoms with E-state index in [-0.39, 0.29) is 17.9 Å². The van der Waals surface area contributed by atoms with Crippen molar-refractivity contribution in [1.29, 1.82) is 0 Å². The van der Waals surface area contributed by atoms with Crippen molar-refractivity contribution in [2.45, 2.75) is 148 Å². The Kier molecular flexibility index (Phi) is 12.5. The van der Waals surface area contributed by atoms with Crippen LogP contribution in [0, 0.1) is 16.7 Å². The molecular formula is C35H53ClO6. The van der Waals surface area contributed by atoms with E-state index in [1.54, 1.807) is 0 Å². The first-order valence-electron chi connectivity index (χ1n) is 16.1. The third-order valence-corrected chi connectivity index (χ3v) is 9.99. The topological polar surface area (TPSA) is 89.9 Å². The van der Waals surface area contributed by atoms with Crippen LogP contribution in [0.1, 0.15) is 124 Å². The molecule has 2 bridgehead atoms. The van der Waals surface area contributed by atoms with E-state index in [1.807, 2.05) is 39.0 Å². The zero-order valence-corrected chi connectivity index (χ0v) is 27.2. The number of esters is 2. The number of benzene rings is 1.